The summed E-state index contributed by atoms with van der Waals surface area (Å²) in [5, 5.41) is 27.3. The summed E-state index contributed by atoms with van der Waals surface area (Å²) in [7, 11) is 0. The molecule has 0 aromatic heterocycles. The van der Waals surface area contributed by atoms with Crippen LogP contribution in [0.5, 0.6) is 0 Å². The van der Waals surface area contributed by atoms with Gasteiger partial charge in [-0.3, -0.25) is 14.4 Å². The molecule has 0 heterocycles. The lowest BCUT2D eigenvalue weighted by Gasteiger charge is -2.30. The zero-order valence-corrected chi connectivity index (χ0v) is 22.0. The molecule has 36 heavy (non-hydrogen) atoms. The van der Waals surface area contributed by atoms with E-state index in [9.17, 15) is 24.3 Å². The van der Waals surface area contributed by atoms with Crippen LogP contribution in [0.3, 0.4) is 0 Å². The van der Waals surface area contributed by atoms with Crippen molar-refractivity contribution in [2.45, 2.75) is 85.2 Å². The van der Waals surface area contributed by atoms with Gasteiger partial charge in [0.2, 0.25) is 11.8 Å². The van der Waals surface area contributed by atoms with Gasteiger partial charge in [0.05, 0.1) is 18.6 Å². The van der Waals surface area contributed by atoms with Crippen molar-refractivity contribution in [1.82, 2.24) is 16.0 Å². The number of benzene rings is 1. The standard InChI is InChI=1S/C26H41N3O7/c1-15(2)12-19(20(30)13-21(31)32)27-24(33)22(16(3)4)28-25(34)23(17(5)6)29-26(35)36-14-18-10-8-7-9-11-18/h7-11,15-17,19-20,22-23,30H,12-14H2,1-6H3,(H,27,33)(H,28,34)(H,29,35)(H,31,32)/t19-,20-,22+,23+/m1/s1. The maximum absolute atomic E-state index is 13.1. The van der Waals surface area contributed by atoms with Gasteiger partial charge in [0, 0.05) is 0 Å². The fraction of sp³-hybridized carbons (Fsp3) is 0.615. The van der Waals surface area contributed by atoms with Crippen LogP contribution >= 0.6 is 0 Å². The van der Waals surface area contributed by atoms with Crippen molar-refractivity contribution >= 4 is 23.9 Å². The normalized spacial score (nSPS) is 14.6. The first-order valence-corrected chi connectivity index (χ1v) is 12.3. The Morgan fingerprint density at radius 1 is 0.833 bits per heavy atom. The number of ether oxygens (including phenoxy) is 1. The fourth-order valence-electron chi connectivity index (χ4n) is 3.62. The van der Waals surface area contributed by atoms with Crippen molar-refractivity contribution in [3.05, 3.63) is 35.9 Å². The Bertz CT molecular complexity index is 858. The number of aliphatic hydroxyl groups excluding tert-OH is 1. The lowest BCUT2D eigenvalue weighted by molar-refractivity contribution is -0.140. The summed E-state index contributed by atoms with van der Waals surface area (Å²) in [5.41, 5.74) is 0.802. The van der Waals surface area contributed by atoms with E-state index in [4.69, 9.17) is 9.84 Å². The number of carbonyl (C=O) groups excluding carboxylic acids is 3. The quantitative estimate of drug-likeness (QED) is 0.259. The van der Waals surface area contributed by atoms with Gasteiger partial charge in [-0.1, -0.05) is 71.9 Å². The molecule has 0 spiro atoms. The van der Waals surface area contributed by atoms with E-state index in [1.54, 1.807) is 27.7 Å². The monoisotopic (exact) mass is 507 g/mol. The van der Waals surface area contributed by atoms with Crippen molar-refractivity contribution in [2.24, 2.45) is 17.8 Å². The average molecular weight is 508 g/mol. The third kappa shape index (κ3) is 11.1. The van der Waals surface area contributed by atoms with Crippen LogP contribution in [-0.2, 0) is 25.7 Å². The number of hydrogen-bond acceptors (Lipinski definition) is 6. The molecular weight excluding hydrogens is 466 g/mol. The van der Waals surface area contributed by atoms with E-state index < -0.39 is 54.5 Å². The summed E-state index contributed by atoms with van der Waals surface area (Å²) in [6.45, 7) is 10.9. The smallest absolute Gasteiger partial charge is 0.408 e. The number of carbonyl (C=O) groups is 4. The number of aliphatic carboxylic acids is 1. The maximum atomic E-state index is 13.1. The van der Waals surface area contributed by atoms with Gasteiger partial charge in [0.15, 0.2) is 0 Å². The molecule has 4 atom stereocenters. The highest BCUT2D eigenvalue weighted by Gasteiger charge is 2.33. The van der Waals surface area contributed by atoms with E-state index in [1.165, 1.54) is 0 Å². The highest BCUT2D eigenvalue weighted by molar-refractivity contribution is 5.91. The van der Waals surface area contributed by atoms with E-state index in [-0.39, 0.29) is 24.4 Å². The van der Waals surface area contributed by atoms with Gasteiger partial charge in [0.1, 0.15) is 18.7 Å². The first-order valence-electron chi connectivity index (χ1n) is 12.3. The largest absolute Gasteiger partial charge is 0.481 e. The summed E-state index contributed by atoms with van der Waals surface area (Å²) in [4.78, 5) is 49.5. The van der Waals surface area contributed by atoms with Crippen LogP contribution < -0.4 is 16.0 Å². The molecule has 0 aliphatic rings. The Kier molecular flexibility index (Phi) is 12.9. The van der Waals surface area contributed by atoms with Gasteiger partial charge in [-0.25, -0.2) is 4.79 Å². The summed E-state index contributed by atoms with van der Waals surface area (Å²) in [6.07, 6.45) is -2.18. The highest BCUT2D eigenvalue weighted by Crippen LogP contribution is 2.13. The fourth-order valence-corrected chi connectivity index (χ4v) is 3.62. The van der Waals surface area contributed by atoms with Gasteiger partial charge < -0.3 is 30.9 Å². The summed E-state index contributed by atoms with van der Waals surface area (Å²) < 4.78 is 5.22. The molecule has 202 valence electrons. The predicted molar refractivity (Wildman–Crippen MR) is 135 cm³/mol. The van der Waals surface area contributed by atoms with Crippen LogP contribution in [0.2, 0.25) is 0 Å². The zero-order chi connectivity index (χ0) is 27.4. The summed E-state index contributed by atoms with van der Waals surface area (Å²) >= 11 is 0. The van der Waals surface area contributed by atoms with E-state index in [2.05, 4.69) is 16.0 Å². The number of rotatable bonds is 14. The van der Waals surface area contributed by atoms with Crippen LogP contribution in [0.15, 0.2) is 30.3 Å². The molecule has 10 heteroatoms. The van der Waals surface area contributed by atoms with Gasteiger partial charge in [-0.2, -0.15) is 0 Å². The third-order valence-electron chi connectivity index (χ3n) is 5.58. The molecule has 10 nitrogen and oxygen atoms in total. The van der Waals surface area contributed by atoms with Crippen molar-refractivity contribution < 1.29 is 34.1 Å². The second-order valence-corrected chi connectivity index (χ2v) is 10.1. The molecular formula is C26H41N3O7. The Morgan fingerprint density at radius 3 is 1.86 bits per heavy atom. The molecule has 1 rings (SSSR count). The summed E-state index contributed by atoms with van der Waals surface area (Å²) in [5.74, 6) is -2.80. The maximum Gasteiger partial charge on any atom is 0.408 e. The SMILES string of the molecule is CC(C)C[C@@H](NC(=O)[C@@H](NC(=O)[C@@H](NC(=O)OCc1ccccc1)C(C)C)C(C)C)[C@H](O)CC(=O)O. The number of hydrogen-bond donors (Lipinski definition) is 5. The number of carboxylic acid groups (broad SMARTS) is 1. The third-order valence-corrected chi connectivity index (χ3v) is 5.58. The molecule has 0 unspecified atom stereocenters. The lowest BCUT2D eigenvalue weighted by atomic mass is 9.95. The topological polar surface area (TPSA) is 154 Å². The van der Waals surface area contributed by atoms with Gasteiger partial charge >= 0.3 is 12.1 Å². The van der Waals surface area contributed by atoms with Gasteiger partial charge in [0.25, 0.3) is 0 Å². The van der Waals surface area contributed by atoms with Crippen molar-refractivity contribution in [3.8, 4) is 0 Å². The summed E-state index contributed by atoms with van der Waals surface area (Å²) in [6, 6.07) is 6.41. The minimum absolute atomic E-state index is 0.0477. The van der Waals surface area contributed by atoms with E-state index in [0.29, 0.717) is 6.42 Å². The molecule has 0 saturated carbocycles. The second kappa shape index (κ2) is 15.1. The van der Waals surface area contributed by atoms with Crippen molar-refractivity contribution in [1.29, 1.82) is 0 Å². The molecule has 0 aliphatic heterocycles. The lowest BCUT2D eigenvalue weighted by Crippen LogP contribution is -2.59. The highest BCUT2D eigenvalue weighted by atomic mass is 16.5. The molecule has 0 bridgehead atoms. The molecule has 1 aromatic carbocycles. The second-order valence-electron chi connectivity index (χ2n) is 10.1. The predicted octanol–water partition coefficient (Wildman–Crippen LogP) is 2.44. The molecule has 0 fully saturated rings. The van der Waals surface area contributed by atoms with Crippen molar-refractivity contribution in [3.63, 3.8) is 0 Å². The van der Waals surface area contributed by atoms with E-state index >= 15 is 0 Å². The minimum Gasteiger partial charge on any atom is -0.481 e. The first-order chi connectivity index (χ1) is 16.8. The van der Waals surface area contributed by atoms with Crippen LogP contribution in [0.4, 0.5) is 4.79 Å². The van der Waals surface area contributed by atoms with E-state index in [1.807, 2.05) is 44.2 Å². The molecule has 0 aliphatic carbocycles. The van der Waals surface area contributed by atoms with Gasteiger partial charge in [-0.15, -0.1) is 0 Å². The zero-order valence-electron chi connectivity index (χ0n) is 22.0. The molecule has 0 saturated heterocycles. The first kappa shape index (κ1) is 30.9. The van der Waals surface area contributed by atoms with E-state index in [0.717, 1.165) is 5.56 Å². The molecule has 3 amide bonds. The van der Waals surface area contributed by atoms with Crippen LogP contribution in [0.1, 0.15) is 59.9 Å². The minimum atomic E-state index is -1.28. The Morgan fingerprint density at radius 2 is 1.36 bits per heavy atom. The van der Waals surface area contributed by atoms with Crippen LogP contribution in [0.25, 0.3) is 0 Å². The Balaban J connectivity index is 2.87. The molecule has 0 radical (unpaired) electrons. The Labute approximate surface area is 213 Å². The average Bonchev–Trinajstić information content (AvgIpc) is 2.78. The number of carboxylic acids is 1. The number of aliphatic hydroxyl groups is 1. The van der Waals surface area contributed by atoms with Crippen LogP contribution in [0, 0.1) is 17.8 Å². The van der Waals surface area contributed by atoms with Crippen LogP contribution in [-0.4, -0.2) is 58.3 Å². The Hall–Kier alpha value is -3.14. The number of alkyl carbamates (subject to hydrolysis) is 1. The van der Waals surface area contributed by atoms with Crippen molar-refractivity contribution in [2.75, 3.05) is 0 Å². The van der Waals surface area contributed by atoms with Gasteiger partial charge in [-0.05, 0) is 29.7 Å². The number of nitrogens with one attached hydrogen (secondary N) is 3. The molecule has 5 N–H and O–H groups in total. The number of amides is 3. The molecule has 1 aromatic rings.